The third-order valence-corrected chi connectivity index (χ3v) is 6.50. The lowest BCUT2D eigenvalue weighted by atomic mass is 10.0. The average Bonchev–Trinajstić information content (AvgIpc) is 3.24. The van der Waals surface area contributed by atoms with Gasteiger partial charge in [0, 0.05) is 30.9 Å². The molecule has 1 aromatic carbocycles. The number of halogens is 2. The zero-order chi connectivity index (χ0) is 27.0. The van der Waals surface area contributed by atoms with E-state index < -0.39 is 29.7 Å². The van der Waals surface area contributed by atoms with E-state index in [1.165, 1.54) is 42.5 Å². The van der Waals surface area contributed by atoms with Crippen LogP contribution >= 0.6 is 0 Å². The largest absolute Gasteiger partial charge is 0.453 e. The van der Waals surface area contributed by atoms with Crippen LogP contribution in [0.15, 0.2) is 48.8 Å². The van der Waals surface area contributed by atoms with Crippen molar-refractivity contribution in [3.8, 4) is 22.5 Å². The molecular weight excluding hydrogens is 496 g/mol. The predicted octanol–water partition coefficient (Wildman–Crippen LogP) is 3.76. The molecule has 0 radical (unpaired) electrons. The molecule has 0 spiro atoms. The number of primary amides is 1. The van der Waals surface area contributed by atoms with E-state index in [0.717, 1.165) is 5.56 Å². The van der Waals surface area contributed by atoms with E-state index in [4.69, 9.17) is 15.2 Å². The molecule has 0 aliphatic carbocycles. The van der Waals surface area contributed by atoms with E-state index >= 15 is 8.78 Å². The Labute approximate surface area is 216 Å². The number of hydrogen-bond acceptors (Lipinski definition) is 6. The van der Waals surface area contributed by atoms with Gasteiger partial charge in [0.1, 0.15) is 17.3 Å². The van der Waals surface area contributed by atoms with Crippen molar-refractivity contribution in [3.05, 3.63) is 77.2 Å². The number of ether oxygens (including phenoxy) is 2. The minimum atomic E-state index is -0.817. The molecule has 0 unspecified atom stereocenters. The SMILES string of the molecule is COC(=O)N1CCO[C@@H](Cc2c(-c3c(F)cc(-c4ccc(C(N)=O)cn4)cc3F)nc3cc(C)ccn23)C1. The fraction of sp³-hybridized carbons (Fsp3) is 0.259. The Balaban J connectivity index is 1.56. The molecule has 2 amide bonds. The number of morpholine rings is 1. The summed E-state index contributed by atoms with van der Waals surface area (Å²) < 4.78 is 43.7. The summed E-state index contributed by atoms with van der Waals surface area (Å²) in [4.78, 5) is 33.6. The number of benzene rings is 1. The van der Waals surface area contributed by atoms with Crippen molar-refractivity contribution in [2.45, 2.75) is 19.4 Å². The van der Waals surface area contributed by atoms with Crippen LogP contribution in [0.4, 0.5) is 13.6 Å². The van der Waals surface area contributed by atoms with Crippen LogP contribution in [0.25, 0.3) is 28.2 Å². The van der Waals surface area contributed by atoms with Crippen LogP contribution in [0.1, 0.15) is 21.6 Å². The number of fused-ring (bicyclic) bond motifs is 1. The smallest absolute Gasteiger partial charge is 0.409 e. The molecule has 0 bridgehead atoms. The van der Waals surface area contributed by atoms with Gasteiger partial charge in [-0.15, -0.1) is 0 Å². The van der Waals surface area contributed by atoms with E-state index in [0.29, 0.717) is 24.5 Å². The lowest BCUT2D eigenvalue weighted by molar-refractivity contribution is -0.0241. The number of aryl methyl sites for hydroxylation is 1. The maximum atomic E-state index is 15.6. The van der Waals surface area contributed by atoms with Gasteiger partial charge >= 0.3 is 6.09 Å². The first-order valence-corrected chi connectivity index (χ1v) is 11.9. The monoisotopic (exact) mass is 521 g/mol. The second-order valence-corrected chi connectivity index (χ2v) is 9.06. The van der Waals surface area contributed by atoms with Crippen molar-refractivity contribution < 1.29 is 27.8 Å². The lowest BCUT2D eigenvalue weighted by Crippen LogP contribution is -2.46. The lowest BCUT2D eigenvalue weighted by Gasteiger charge is -2.32. The van der Waals surface area contributed by atoms with E-state index in [1.54, 1.807) is 10.6 Å². The van der Waals surface area contributed by atoms with E-state index in [1.807, 2.05) is 19.1 Å². The van der Waals surface area contributed by atoms with E-state index in [9.17, 15) is 9.59 Å². The van der Waals surface area contributed by atoms with Crippen molar-refractivity contribution in [1.82, 2.24) is 19.3 Å². The zero-order valence-electron chi connectivity index (χ0n) is 20.8. The van der Waals surface area contributed by atoms with Crippen molar-refractivity contribution in [1.29, 1.82) is 0 Å². The molecule has 1 saturated heterocycles. The predicted molar refractivity (Wildman–Crippen MR) is 134 cm³/mol. The van der Waals surface area contributed by atoms with Gasteiger partial charge in [-0.1, -0.05) is 0 Å². The van der Waals surface area contributed by atoms with Gasteiger partial charge in [0.15, 0.2) is 0 Å². The number of nitrogens with zero attached hydrogens (tertiary/aromatic N) is 4. The maximum Gasteiger partial charge on any atom is 0.409 e. The first-order chi connectivity index (χ1) is 18.2. The first kappa shape index (κ1) is 25.3. The minimum Gasteiger partial charge on any atom is -0.453 e. The summed E-state index contributed by atoms with van der Waals surface area (Å²) >= 11 is 0. The fourth-order valence-corrected chi connectivity index (χ4v) is 4.60. The Kier molecular flexibility index (Phi) is 6.77. The highest BCUT2D eigenvalue weighted by Gasteiger charge is 2.29. The third-order valence-electron chi connectivity index (χ3n) is 6.50. The third kappa shape index (κ3) is 4.80. The molecule has 0 saturated carbocycles. The van der Waals surface area contributed by atoms with Gasteiger partial charge in [0.05, 0.1) is 54.6 Å². The normalized spacial score (nSPS) is 15.6. The summed E-state index contributed by atoms with van der Waals surface area (Å²) in [7, 11) is 1.31. The Bertz CT molecular complexity index is 1510. The number of rotatable bonds is 5. The Hall–Kier alpha value is -4.38. The summed E-state index contributed by atoms with van der Waals surface area (Å²) in [5.74, 6) is -2.28. The number of imidazole rings is 1. The van der Waals surface area contributed by atoms with Crippen LogP contribution in [0, 0.1) is 18.6 Å². The van der Waals surface area contributed by atoms with Gasteiger partial charge in [0.25, 0.3) is 0 Å². The number of hydrogen-bond donors (Lipinski definition) is 1. The molecule has 1 aliphatic rings. The highest BCUT2D eigenvalue weighted by Crippen LogP contribution is 2.34. The van der Waals surface area contributed by atoms with Crippen LogP contribution in [-0.4, -0.2) is 64.2 Å². The minimum absolute atomic E-state index is 0.146. The Morgan fingerprint density at radius 3 is 2.61 bits per heavy atom. The summed E-state index contributed by atoms with van der Waals surface area (Å²) in [6, 6.07) is 8.98. The summed E-state index contributed by atoms with van der Waals surface area (Å²) in [5.41, 5.74) is 7.80. The van der Waals surface area contributed by atoms with Crippen LogP contribution < -0.4 is 5.73 Å². The average molecular weight is 522 g/mol. The van der Waals surface area contributed by atoms with Crippen LogP contribution in [-0.2, 0) is 15.9 Å². The topological polar surface area (TPSA) is 112 Å². The molecule has 196 valence electrons. The number of carbonyl (C=O) groups excluding carboxylic acids is 2. The molecule has 3 aromatic heterocycles. The molecule has 1 atom stereocenters. The van der Waals surface area contributed by atoms with Gasteiger partial charge < -0.3 is 24.5 Å². The van der Waals surface area contributed by atoms with Gasteiger partial charge in [-0.05, 0) is 48.9 Å². The number of methoxy groups -OCH3 is 1. The quantitative estimate of drug-likeness (QED) is 0.428. The van der Waals surface area contributed by atoms with E-state index in [2.05, 4.69) is 9.97 Å². The number of nitrogens with two attached hydrogens (primary N) is 1. The molecule has 11 heteroatoms. The standard InChI is InChI=1S/C27H25F2N5O4/c1-15-5-6-34-22(12-18-14-33(7-8-38-18)27(36)37-2)25(32-23(34)9-15)24-19(28)10-17(11-20(24)29)21-4-3-16(13-31-21)26(30)35/h3-6,9-11,13,18H,7-8,12,14H2,1-2H3,(H2,30,35)/t18-/m0/s1. The zero-order valence-corrected chi connectivity index (χ0v) is 20.8. The highest BCUT2D eigenvalue weighted by atomic mass is 19.1. The second-order valence-electron chi connectivity index (χ2n) is 9.06. The van der Waals surface area contributed by atoms with Crippen LogP contribution in [0.2, 0.25) is 0 Å². The van der Waals surface area contributed by atoms with Crippen LogP contribution in [0.3, 0.4) is 0 Å². The molecule has 5 rings (SSSR count). The number of carbonyl (C=O) groups is 2. The van der Waals surface area contributed by atoms with E-state index in [-0.39, 0.29) is 41.0 Å². The molecule has 2 N–H and O–H groups in total. The Morgan fingerprint density at radius 1 is 1.18 bits per heavy atom. The van der Waals surface area contributed by atoms with Crippen molar-refractivity contribution in [2.24, 2.45) is 5.73 Å². The number of aromatic nitrogens is 3. The number of pyridine rings is 2. The summed E-state index contributed by atoms with van der Waals surface area (Å²) in [5, 5.41) is 0. The first-order valence-electron chi connectivity index (χ1n) is 11.9. The molecule has 9 nitrogen and oxygen atoms in total. The molecule has 1 aliphatic heterocycles. The number of amides is 2. The van der Waals surface area contributed by atoms with Gasteiger partial charge in [-0.25, -0.2) is 18.6 Å². The molecule has 4 aromatic rings. The van der Waals surface area contributed by atoms with Crippen LogP contribution in [0.5, 0.6) is 0 Å². The van der Waals surface area contributed by atoms with Crippen molar-refractivity contribution in [3.63, 3.8) is 0 Å². The van der Waals surface area contributed by atoms with Gasteiger partial charge in [0.2, 0.25) is 5.91 Å². The molecule has 4 heterocycles. The summed E-state index contributed by atoms with van der Waals surface area (Å²) in [6.45, 7) is 2.87. The van der Waals surface area contributed by atoms with Crippen molar-refractivity contribution in [2.75, 3.05) is 26.8 Å². The van der Waals surface area contributed by atoms with Gasteiger partial charge in [-0.3, -0.25) is 9.78 Å². The van der Waals surface area contributed by atoms with Crippen molar-refractivity contribution >= 4 is 17.6 Å². The van der Waals surface area contributed by atoms with Gasteiger partial charge in [-0.2, -0.15) is 0 Å². The molecular formula is C27H25F2N5O4. The maximum absolute atomic E-state index is 15.6. The molecule has 38 heavy (non-hydrogen) atoms. The molecule has 1 fully saturated rings. The highest BCUT2D eigenvalue weighted by molar-refractivity contribution is 5.92. The Morgan fingerprint density at radius 2 is 1.95 bits per heavy atom. The second kappa shape index (κ2) is 10.2. The fourth-order valence-electron chi connectivity index (χ4n) is 4.60. The summed E-state index contributed by atoms with van der Waals surface area (Å²) in [6.07, 6.45) is 2.42.